The second-order valence-corrected chi connectivity index (χ2v) is 6.38. The molecule has 0 bridgehead atoms. The van der Waals surface area contributed by atoms with Crippen LogP contribution in [0.15, 0.2) is 0 Å². The van der Waals surface area contributed by atoms with Crippen LogP contribution in [0.1, 0.15) is 80.6 Å². The second kappa shape index (κ2) is 8.47. The highest BCUT2D eigenvalue weighted by atomic mass is 14.9. The van der Waals surface area contributed by atoms with Gasteiger partial charge in [0.1, 0.15) is 5.82 Å². The summed E-state index contributed by atoms with van der Waals surface area (Å²) in [5.74, 6) is 1.70. The van der Waals surface area contributed by atoms with Crippen LogP contribution in [0.2, 0.25) is 0 Å². The Balaban J connectivity index is 2.09. The van der Waals surface area contributed by atoms with Crippen LogP contribution in [0.3, 0.4) is 0 Å². The summed E-state index contributed by atoms with van der Waals surface area (Å²) in [6, 6.07) is 0. The van der Waals surface area contributed by atoms with Crippen molar-refractivity contribution >= 4 is 0 Å². The van der Waals surface area contributed by atoms with Crippen molar-refractivity contribution in [1.82, 2.24) is 15.3 Å². The minimum atomic E-state index is 0.588. The first-order valence-corrected chi connectivity index (χ1v) is 8.77. The van der Waals surface area contributed by atoms with Crippen molar-refractivity contribution in [2.45, 2.75) is 78.1 Å². The van der Waals surface area contributed by atoms with E-state index in [1.807, 2.05) is 0 Å². The number of aryl methyl sites for hydroxylation is 2. The maximum Gasteiger partial charge on any atom is 0.131 e. The lowest BCUT2D eigenvalue weighted by molar-refractivity contribution is 0.440. The first kappa shape index (κ1) is 16.4. The van der Waals surface area contributed by atoms with Gasteiger partial charge in [0.25, 0.3) is 0 Å². The average Bonchev–Trinajstić information content (AvgIpc) is 2.41. The molecule has 0 unspecified atom stereocenters. The van der Waals surface area contributed by atoms with Gasteiger partial charge in [0.15, 0.2) is 0 Å². The molecule has 1 fully saturated rings. The van der Waals surface area contributed by atoms with Gasteiger partial charge in [-0.2, -0.15) is 0 Å². The van der Waals surface area contributed by atoms with Crippen LogP contribution in [0.25, 0.3) is 0 Å². The van der Waals surface area contributed by atoms with E-state index in [-0.39, 0.29) is 0 Å². The van der Waals surface area contributed by atoms with E-state index in [2.05, 4.69) is 26.1 Å². The summed E-state index contributed by atoms with van der Waals surface area (Å²) in [5.41, 5.74) is 3.72. The SMILES string of the molecule is CCNCCc1c(C)nc(C2CCCCCCC2)nc1C. The lowest BCUT2D eigenvalue weighted by Gasteiger charge is -2.20. The largest absolute Gasteiger partial charge is 0.317 e. The molecule has 0 aliphatic heterocycles. The molecular formula is C18H31N3. The molecule has 3 heteroatoms. The van der Waals surface area contributed by atoms with Gasteiger partial charge in [-0.3, -0.25) is 0 Å². The van der Waals surface area contributed by atoms with Crippen molar-refractivity contribution in [3.8, 4) is 0 Å². The van der Waals surface area contributed by atoms with E-state index in [9.17, 15) is 0 Å². The van der Waals surface area contributed by atoms with Crippen LogP contribution in [0.4, 0.5) is 0 Å². The third-order valence-electron chi connectivity index (χ3n) is 4.71. The molecule has 1 aliphatic rings. The van der Waals surface area contributed by atoms with Crippen LogP contribution in [0, 0.1) is 13.8 Å². The molecular weight excluding hydrogens is 258 g/mol. The summed E-state index contributed by atoms with van der Waals surface area (Å²) in [6.45, 7) is 8.50. The topological polar surface area (TPSA) is 37.8 Å². The molecule has 1 N–H and O–H groups in total. The van der Waals surface area contributed by atoms with Gasteiger partial charge in [-0.1, -0.05) is 39.0 Å². The van der Waals surface area contributed by atoms with Gasteiger partial charge in [-0.25, -0.2) is 9.97 Å². The van der Waals surface area contributed by atoms with Crippen molar-refractivity contribution in [1.29, 1.82) is 0 Å². The van der Waals surface area contributed by atoms with Crippen LogP contribution in [0.5, 0.6) is 0 Å². The molecule has 21 heavy (non-hydrogen) atoms. The van der Waals surface area contributed by atoms with E-state index in [4.69, 9.17) is 9.97 Å². The molecule has 0 amide bonds. The van der Waals surface area contributed by atoms with Gasteiger partial charge in [0.05, 0.1) is 0 Å². The highest BCUT2D eigenvalue weighted by Gasteiger charge is 2.18. The van der Waals surface area contributed by atoms with Gasteiger partial charge in [-0.05, 0) is 51.8 Å². The molecule has 0 atom stereocenters. The molecule has 2 rings (SSSR count). The third-order valence-corrected chi connectivity index (χ3v) is 4.71. The third kappa shape index (κ3) is 4.77. The first-order chi connectivity index (χ1) is 10.2. The van der Waals surface area contributed by atoms with E-state index in [0.717, 1.165) is 25.3 Å². The number of hydrogen-bond donors (Lipinski definition) is 1. The molecule has 1 saturated carbocycles. The average molecular weight is 289 g/mol. The zero-order valence-electron chi connectivity index (χ0n) is 14.0. The molecule has 1 aromatic rings. The predicted molar refractivity (Wildman–Crippen MR) is 88.8 cm³/mol. The van der Waals surface area contributed by atoms with Crippen LogP contribution < -0.4 is 5.32 Å². The Bertz CT molecular complexity index is 411. The van der Waals surface area contributed by atoms with Gasteiger partial charge in [0.2, 0.25) is 0 Å². The van der Waals surface area contributed by atoms with Crippen molar-refractivity contribution in [2.75, 3.05) is 13.1 Å². The molecule has 0 spiro atoms. The molecule has 118 valence electrons. The molecule has 0 saturated heterocycles. The van der Waals surface area contributed by atoms with Gasteiger partial charge < -0.3 is 5.32 Å². The Morgan fingerprint density at radius 1 is 0.952 bits per heavy atom. The van der Waals surface area contributed by atoms with Crippen LogP contribution >= 0.6 is 0 Å². The van der Waals surface area contributed by atoms with Gasteiger partial charge in [-0.15, -0.1) is 0 Å². The maximum absolute atomic E-state index is 4.87. The van der Waals surface area contributed by atoms with Crippen molar-refractivity contribution in [2.24, 2.45) is 0 Å². The Morgan fingerprint density at radius 2 is 1.52 bits per heavy atom. The zero-order valence-corrected chi connectivity index (χ0v) is 14.0. The van der Waals surface area contributed by atoms with E-state index in [1.54, 1.807) is 0 Å². The van der Waals surface area contributed by atoms with E-state index in [0.29, 0.717) is 5.92 Å². The van der Waals surface area contributed by atoms with E-state index >= 15 is 0 Å². The van der Waals surface area contributed by atoms with Gasteiger partial charge >= 0.3 is 0 Å². The van der Waals surface area contributed by atoms with Crippen molar-refractivity contribution < 1.29 is 0 Å². The predicted octanol–water partition coefficient (Wildman–Crippen LogP) is 4.07. The van der Waals surface area contributed by atoms with Crippen LogP contribution in [-0.4, -0.2) is 23.1 Å². The minimum absolute atomic E-state index is 0.588. The van der Waals surface area contributed by atoms with Crippen molar-refractivity contribution in [3.63, 3.8) is 0 Å². The first-order valence-electron chi connectivity index (χ1n) is 8.77. The Hall–Kier alpha value is -0.960. The maximum atomic E-state index is 4.87. The molecule has 1 aliphatic carbocycles. The lowest BCUT2D eigenvalue weighted by atomic mass is 9.90. The normalized spacial score (nSPS) is 17.5. The summed E-state index contributed by atoms with van der Waals surface area (Å²) < 4.78 is 0. The molecule has 1 heterocycles. The summed E-state index contributed by atoms with van der Waals surface area (Å²) in [4.78, 5) is 9.74. The fourth-order valence-electron chi connectivity index (χ4n) is 3.41. The Kier molecular flexibility index (Phi) is 6.62. The summed E-state index contributed by atoms with van der Waals surface area (Å²) in [6.07, 6.45) is 10.4. The standard InChI is InChI=1S/C18H31N3/c1-4-19-13-12-17-14(2)20-18(21-15(17)3)16-10-8-6-5-7-9-11-16/h16,19H,4-13H2,1-3H3. The van der Waals surface area contributed by atoms with E-state index < -0.39 is 0 Å². The fourth-order valence-corrected chi connectivity index (χ4v) is 3.41. The zero-order chi connectivity index (χ0) is 15.1. The molecule has 0 aromatic carbocycles. The molecule has 1 aromatic heterocycles. The summed E-state index contributed by atoms with van der Waals surface area (Å²) in [7, 11) is 0. The number of hydrogen-bond acceptors (Lipinski definition) is 3. The molecule has 3 nitrogen and oxygen atoms in total. The number of nitrogens with one attached hydrogen (secondary N) is 1. The number of likely N-dealkylation sites (N-methyl/N-ethyl adjacent to an activating group) is 1. The fraction of sp³-hybridized carbons (Fsp3) is 0.778. The monoisotopic (exact) mass is 289 g/mol. The summed E-state index contributed by atoms with van der Waals surface area (Å²) in [5, 5.41) is 3.39. The highest BCUT2D eigenvalue weighted by molar-refractivity contribution is 5.25. The Morgan fingerprint density at radius 3 is 2.10 bits per heavy atom. The van der Waals surface area contributed by atoms with Gasteiger partial charge in [0, 0.05) is 17.3 Å². The number of aromatic nitrogens is 2. The van der Waals surface area contributed by atoms with Crippen LogP contribution in [-0.2, 0) is 6.42 Å². The summed E-state index contributed by atoms with van der Waals surface area (Å²) >= 11 is 0. The minimum Gasteiger partial charge on any atom is -0.317 e. The van der Waals surface area contributed by atoms with E-state index in [1.165, 1.54) is 61.9 Å². The quantitative estimate of drug-likeness (QED) is 0.830. The smallest absolute Gasteiger partial charge is 0.131 e. The highest BCUT2D eigenvalue weighted by Crippen LogP contribution is 2.29. The second-order valence-electron chi connectivity index (χ2n) is 6.38. The number of rotatable bonds is 5. The molecule has 0 radical (unpaired) electrons. The van der Waals surface area contributed by atoms with Crippen molar-refractivity contribution in [3.05, 3.63) is 22.8 Å². The lowest BCUT2D eigenvalue weighted by Crippen LogP contribution is -2.18. The number of nitrogens with zero attached hydrogens (tertiary/aromatic N) is 2. The Labute approximate surface area is 130 Å².